The van der Waals surface area contributed by atoms with Crippen molar-refractivity contribution in [2.24, 2.45) is 5.84 Å². The fourth-order valence-corrected chi connectivity index (χ4v) is 2.05. The Morgan fingerprint density at radius 2 is 2.15 bits per heavy atom. The Hall–Kier alpha value is -1.42. The molecule has 0 aromatic carbocycles. The van der Waals surface area contributed by atoms with E-state index in [1.165, 1.54) is 12.3 Å². The molecular formula is C10H16ClN5O3S. The molecule has 10 heteroatoms. The number of hydrogen-bond donors (Lipinski definition) is 4. The summed E-state index contributed by atoms with van der Waals surface area (Å²) in [6.07, 6.45) is 2.89. The number of halogens is 1. The van der Waals surface area contributed by atoms with Crippen LogP contribution in [0.4, 0.5) is 5.82 Å². The van der Waals surface area contributed by atoms with Gasteiger partial charge in [-0.15, -0.1) is 0 Å². The van der Waals surface area contributed by atoms with Crippen molar-refractivity contribution in [3.05, 3.63) is 22.8 Å². The average molecular weight is 322 g/mol. The van der Waals surface area contributed by atoms with Gasteiger partial charge in [-0.25, -0.2) is 24.0 Å². The molecule has 0 aliphatic carbocycles. The van der Waals surface area contributed by atoms with Gasteiger partial charge in [-0.05, 0) is 12.5 Å². The van der Waals surface area contributed by atoms with Crippen LogP contribution in [-0.2, 0) is 10.0 Å². The molecule has 8 nitrogen and oxygen atoms in total. The fraction of sp³-hybridized carbons (Fsp3) is 0.400. The summed E-state index contributed by atoms with van der Waals surface area (Å²) in [5.74, 6) is 5.11. The highest BCUT2D eigenvalue weighted by Gasteiger charge is 2.09. The maximum absolute atomic E-state index is 11.8. The number of nitrogens with one attached hydrogen (secondary N) is 3. The first-order valence-corrected chi connectivity index (χ1v) is 7.95. The Kier molecular flexibility index (Phi) is 6.14. The monoisotopic (exact) mass is 321 g/mol. The maximum atomic E-state index is 11.8. The Labute approximate surface area is 122 Å². The average Bonchev–Trinajstić information content (AvgIpc) is 2.36. The lowest BCUT2D eigenvalue weighted by molar-refractivity contribution is 0.0953. The number of rotatable bonds is 7. The Balaban J connectivity index is 2.42. The first-order valence-electron chi connectivity index (χ1n) is 5.68. The zero-order chi connectivity index (χ0) is 15.2. The van der Waals surface area contributed by atoms with E-state index < -0.39 is 10.0 Å². The van der Waals surface area contributed by atoms with E-state index in [1.54, 1.807) is 0 Å². The summed E-state index contributed by atoms with van der Waals surface area (Å²) < 4.78 is 23.9. The third-order valence-electron chi connectivity index (χ3n) is 2.24. The molecule has 0 fully saturated rings. The molecule has 1 aromatic rings. The number of carbonyl (C=O) groups is 1. The molecule has 0 bridgehead atoms. The number of aromatic nitrogens is 1. The highest BCUT2D eigenvalue weighted by atomic mass is 35.5. The molecule has 0 atom stereocenters. The van der Waals surface area contributed by atoms with Gasteiger partial charge >= 0.3 is 0 Å². The number of nitrogens with two attached hydrogens (primary N) is 1. The van der Waals surface area contributed by atoms with Gasteiger partial charge in [0.2, 0.25) is 10.0 Å². The van der Waals surface area contributed by atoms with Gasteiger partial charge in [0, 0.05) is 19.3 Å². The van der Waals surface area contributed by atoms with Crippen LogP contribution in [0.15, 0.2) is 12.3 Å². The van der Waals surface area contributed by atoms with E-state index in [4.69, 9.17) is 17.4 Å². The third-order valence-corrected chi connectivity index (χ3v) is 3.26. The molecule has 1 heterocycles. The molecule has 0 unspecified atom stereocenters. The first kappa shape index (κ1) is 16.6. The van der Waals surface area contributed by atoms with Gasteiger partial charge in [0.15, 0.2) is 5.82 Å². The topological polar surface area (TPSA) is 126 Å². The van der Waals surface area contributed by atoms with E-state index in [-0.39, 0.29) is 23.3 Å². The maximum Gasteiger partial charge on any atom is 0.252 e. The Morgan fingerprint density at radius 1 is 1.45 bits per heavy atom. The summed E-state index contributed by atoms with van der Waals surface area (Å²) >= 11 is 5.85. The highest BCUT2D eigenvalue weighted by Crippen LogP contribution is 2.18. The zero-order valence-corrected chi connectivity index (χ0v) is 12.4. The summed E-state index contributed by atoms with van der Waals surface area (Å²) in [4.78, 5) is 15.6. The molecule has 5 N–H and O–H groups in total. The van der Waals surface area contributed by atoms with Crippen molar-refractivity contribution in [3.8, 4) is 0 Å². The van der Waals surface area contributed by atoms with Crippen LogP contribution in [0.3, 0.4) is 0 Å². The molecule has 1 aromatic heterocycles. The number of amides is 1. The van der Waals surface area contributed by atoms with E-state index in [9.17, 15) is 13.2 Å². The number of nitrogens with zero attached hydrogens (tertiary/aromatic N) is 1. The van der Waals surface area contributed by atoms with Crippen molar-refractivity contribution < 1.29 is 13.2 Å². The number of sulfonamides is 1. The molecule has 0 saturated carbocycles. The SMILES string of the molecule is CS(=O)(=O)NCCCNC(=O)c1cnc(NN)c(Cl)c1. The van der Waals surface area contributed by atoms with Gasteiger partial charge < -0.3 is 10.7 Å². The normalized spacial score (nSPS) is 11.2. The molecule has 0 spiro atoms. The van der Waals surface area contributed by atoms with Gasteiger partial charge in [-0.3, -0.25) is 4.79 Å². The predicted molar refractivity (Wildman–Crippen MR) is 76.9 cm³/mol. The molecule has 1 amide bonds. The zero-order valence-electron chi connectivity index (χ0n) is 10.8. The van der Waals surface area contributed by atoms with Gasteiger partial charge in [-0.2, -0.15) is 0 Å². The van der Waals surface area contributed by atoms with Crippen molar-refractivity contribution >= 4 is 33.3 Å². The molecule has 112 valence electrons. The number of hydrogen-bond acceptors (Lipinski definition) is 6. The molecule has 20 heavy (non-hydrogen) atoms. The van der Waals surface area contributed by atoms with E-state index in [0.29, 0.717) is 18.5 Å². The van der Waals surface area contributed by atoms with Crippen LogP contribution in [0.25, 0.3) is 0 Å². The third kappa shape index (κ3) is 5.70. The van der Waals surface area contributed by atoms with E-state index in [1.807, 2.05) is 0 Å². The first-order chi connectivity index (χ1) is 9.33. The second-order valence-electron chi connectivity index (χ2n) is 3.97. The standard InChI is InChI=1S/C10H16ClN5O3S/c1-20(18,19)15-4-2-3-13-10(17)7-5-8(11)9(16-12)14-6-7/h5-6,15H,2-4,12H2,1H3,(H,13,17)(H,14,16). The van der Waals surface area contributed by atoms with Crippen LogP contribution in [-0.4, -0.2) is 38.7 Å². The summed E-state index contributed by atoms with van der Waals surface area (Å²) in [5, 5.41) is 2.86. The summed E-state index contributed by atoms with van der Waals surface area (Å²) in [7, 11) is -3.20. The molecule has 0 aliphatic heterocycles. The smallest absolute Gasteiger partial charge is 0.252 e. The Morgan fingerprint density at radius 3 is 2.70 bits per heavy atom. The molecular weight excluding hydrogens is 306 g/mol. The van der Waals surface area contributed by atoms with Crippen LogP contribution in [0.5, 0.6) is 0 Å². The molecule has 0 aliphatic rings. The van der Waals surface area contributed by atoms with E-state index in [0.717, 1.165) is 6.26 Å². The lowest BCUT2D eigenvalue weighted by Gasteiger charge is -2.07. The largest absolute Gasteiger partial charge is 0.352 e. The minimum absolute atomic E-state index is 0.235. The fourth-order valence-electron chi connectivity index (χ4n) is 1.32. The lowest BCUT2D eigenvalue weighted by atomic mass is 10.2. The van der Waals surface area contributed by atoms with Gasteiger partial charge in [0.25, 0.3) is 5.91 Å². The van der Waals surface area contributed by atoms with Crippen LogP contribution in [0, 0.1) is 0 Å². The lowest BCUT2D eigenvalue weighted by Crippen LogP contribution is -2.29. The minimum atomic E-state index is -3.20. The summed E-state index contributed by atoms with van der Waals surface area (Å²) in [6.45, 7) is 0.587. The van der Waals surface area contributed by atoms with Crippen LogP contribution >= 0.6 is 11.6 Å². The van der Waals surface area contributed by atoms with Gasteiger partial charge in [0.1, 0.15) is 0 Å². The minimum Gasteiger partial charge on any atom is -0.352 e. The van der Waals surface area contributed by atoms with E-state index >= 15 is 0 Å². The Bertz CT molecular complexity index is 578. The highest BCUT2D eigenvalue weighted by molar-refractivity contribution is 7.88. The van der Waals surface area contributed by atoms with E-state index in [2.05, 4.69) is 20.4 Å². The summed E-state index contributed by atoms with van der Waals surface area (Å²) in [5.41, 5.74) is 2.59. The van der Waals surface area contributed by atoms with Crippen LogP contribution < -0.4 is 21.3 Å². The van der Waals surface area contributed by atoms with Gasteiger partial charge in [-0.1, -0.05) is 11.6 Å². The second-order valence-corrected chi connectivity index (χ2v) is 6.21. The molecule has 1 rings (SSSR count). The quantitative estimate of drug-likeness (QED) is 0.310. The van der Waals surface area contributed by atoms with Gasteiger partial charge in [0.05, 0.1) is 16.8 Å². The van der Waals surface area contributed by atoms with Crippen molar-refractivity contribution in [3.63, 3.8) is 0 Å². The number of hydrazine groups is 1. The van der Waals surface area contributed by atoms with Crippen LogP contribution in [0.2, 0.25) is 5.02 Å². The number of pyridine rings is 1. The molecule has 0 saturated heterocycles. The number of carbonyl (C=O) groups excluding carboxylic acids is 1. The second kappa shape index (κ2) is 7.39. The number of anilines is 1. The van der Waals surface area contributed by atoms with Crippen molar-refractivity contribution in [2.45, 2.75) is 6.42 Å². The molecule has 0 radical (unpaired) electrons. The predicted octanol–water partition coefficient (Wildman–Crippen LogP) is -0.310. The summed E-state index contributed by atoms with van der Waals surface area (Å²) in [6, 6.07) is 1.44. The van der Waals surface area contributed by atoms with Crippen LogP contribution in [0.1, 0.15) is 16.8 Å². The van der Waals surface area contributed by atoms with Crippen molar-refractivity contribution in [1.82, 2.24) is 15.0 Å². The van der Waals surface area contributed by atoms with Crippen molar-refractivity contribution in [2.75, 3.05) is 24.8 Å². The number of nitrogen functional groups attached to an aromatic ring is 1. The van der Waals surface area contributed by atoms with Crippen molar-refractivity contribution in [1.29, 1.82) is 0 Å².